The van der Waals surface area contributed by atoms with Gasteiger partial charge in [-0.05, 0) is 30.3 Å². The molecule has 2 heterocycles. The van der Waals surface area contributed by atoms with Crippen molar-refractivity contribution in [2.24, 2.45) is 5.73 Å². The average Bonchev–Trinajstić information content (AvgIpc) is 3.32. The van der Waals surface area contributed by atoms with Crippen molar-refractivity contribution in [3.05, 3.63) is 81.9 Å². The first-order valence-corrected chi connectivity index (χ1v) is 11.6. The van der Waals surface area contributed by atoms with Crippen LogP contribution < -0.4 is 31.0 Å². The van der Waals surface area contributed by atoms with E-state index in [0.29, 0.717) is 4.68 Å². The lowest BCUT2D eigenvalue weighted by atomic mass is 10.0. The molecule has 2 aromatic heterocycles. The van der Waals surface area contributed by atoms with Gasteiger partial charge >= 0.3 is 17.8 Å². The maximum Gasteiger partial charge on any atom is 0.491 e. The molecule has 0 saturated heterocycles. The number of nitrogens with one attached hydrogen (secondary N) is 3. The minimum atomic E-state index is -5.36. The predicted molar refractivity (Wildman–Crippen MR) is 138 cm³/mol. The zero-order valence-electron chi connectivity index (χ0n) is 21.6. The second-order valence-electron chi connectivity index (χ2n) is 8.40. The highest BCUT2D eigenvalue weighted by Crippen LogP contribution is 2.36. The molecule has 2 aromatic carbocycles. The van der Waals surface area contributed by atoms with Gasteiger partial charge in [-0.2, -0.15) is 17.9 Å². The Hall–Kier alpha value is -5.61. The van der Waals surface area contributed by atoms with E-state index in [1.54, 1.807) is 0 Å². The van der Waals surface area contributed by atoms with Crippen molar-refractivity contribution in [1.29, 1.82) is 5.41 Å². The van der Waals surface area contributed by atoms with Crippen molar-refractivity contribution in [2.75, 3.05) is 19.5 Å². The quantitative estimate of drug-likeness (QED) is 0.0636. The lowest BCUT2D eigenvalue weighted by Gasteiger charge is -2.21. The fourth-order valence-electron chi connectivity index (χ4n) is 3.77. The third-order valence-corrected chi connectivity index (χ3v) is 5.70. The first kappa shape index (κ1) is 29.4. The van der Waals surface area contributed by atoms with Crippen molar-refractivity contribution >= 4 is 17.5 Å². The Labute approximate surface area is 233 Å². The van der Waals surface area contributed by atoms with E-state index in [0.717, 1.165) is 12.1 Å². The standard InChI is InChI=1S/C25H21F4N7O6/c1-40-12-9-14(18(26)17(10-12)41-2)19(21-34-24(39)36(35-21)22-15(37)4-3-7-32-22)33-11-5-6-13(20(30)31)16(8-11)42-23(38)25(27,28)29/h3-10,19,33,37H,1-2H3,(H3,30,31)(H,34,35,39). The number of rotatable bonds is 9. The molecule has 17 heteroatoms. The molecule has 4 rings (SSSR count). The maximum absolute atomic E-state index is 15.6. The van der Waals surface area contributed by atoms with Crippen LogP contribution >= 0.6 is 0 Å². The zero-order valence-corrected chi connectivity index (χ0v) is 21.6. The molecule has 13 nitrogen and oxygen atoms in total. The molecule has 0 amide bonds. The minimum Gasteiger partial charge on any atom is -0.504 e. The van der Waals surface area contributed by atoms with Crippen LogP contribution in [0, 0.1) is 11.2 Å². The van der Waals surface area contributed by atoms with Crippen molar-refractivity contribution in [3.8, 4) is 28.8 Å². The Balaban J connectivity index is 1.88. The number of alkyl halides is 3. The van der Waals surface area contributed by atoms with E-state index in [1.165, 1.54) is 50.7 Å². The van der Waals surface area contributed by atoms with E-state index >= 15 is 4.39 Å². The van der Waals surface area contributed by atoms with Crippen molar-refractivity contribution in [2.45, 2.75) is 12.2 Å². The number of methoxy groups -OCH3 is 2. The van der Waals surface area contributed by atoms with Gasteiger partial charge in [0.2, 0.25) is 5.82 Å². The summed E-state index contributed by atoms with van der Waals surface area (Å²) >= 11 is 0. The van der Waals surface area contributed by atoms with Gasteiger partial charge in [0.25, 0.3) is 0 Å². The molecule has 6 N–H and O–H groups in total. The van der Waals surface area contributed by atoms with Crippen LogP contribution in [0.1, 0.15) is 23.0 Å². The number of pyridine rings is 1. The number of hydrogen-bond acceptors (Lipinski definition) is 10. The number of esters is 1. The number of aromatic hydroxyl groups is 1. The van der Waals surface area contributed by atoms with Gasteiger partial charge in [-0.1, -0.05) is 0 Å². The van der Waals surface area contributed by atoms with Gasteiger partial charge in [-0.3, -0.25) is 10.4 Å². The number of ether oxygens (including phenoxy) is 3. The molecule has 0 aliphatic rings. The Kier molecular flexibility index (Phi) is 8.03. The summed E-state index contributed by atoms with van der Waals surface area (Å²) in [6, 6.07) is 7.02. The summed E-state index contributed by atoms with van der Waals surface area (Å²) in [7, 11) is 2.51. The van der Waals surface area contributed by atoms with Gasteiger partial charge in [0, 0.05) is 29.6 Å². The van der Waals surface area contributed by atoms with Crippen LogP contribution in [-0.4, -0.2) is 57.1 Å². The topological polar surface area (TPSA) is 190 Å². The number of anilines is 1. The van der Waals surface area contributed by atoms with Gasteiger partial charge in [0.15, 0.2) is 23.1 Å². The number of amidine groups is 1. The summed E-state index contributed by atoms with van der Waals surface area (Å²) in [6.45, 7) is 0. The normalized spacial score (nSPS) is 12.0. The molecule has 4 aromatic rings. The smallest absolute Gasteiger partial charge is 0.491 e. The van der Waals surface area contributed by atoms with Gasteiger partial charge in [0.05, 0.1) is 19.8 Å². The van der Waals surface area contributed by atoms with Crippen LogP contribution in [0.5, 0.6) is 23.0 Å². The Morgan fingerprint density at radius 1 is 1.17 bits per heavy atom. The lowest BCUT2D eigenvalue weighted by Crippen LogP contribution is -2.29. The number of hydrogen-bond donors (Lipinski definition) is 5. The van der Waals surface area contributed by atoms with Crippen LogP contribution in [0.25, 0.3) is 5.82 Å². The second-order valence-corrected chi connectivity index (χ2v) is 8.40. The molecule has 42 heavy (non-hydrogen) atoms. The van der Waals surface area contributed by atoms with Crippen LogP contribution in [0.4, 0.5) is 23.2 Å². The number of carbonyl (C=O) groups excluding carboxylic acids is 1. The largest absolute Gasteiger partial charge is 0.504 e. The first-order valence-electron chi connectivity index (χ1n) is 11.6. The molecule has 1 atom stereocenters. The molecule has 0 aliphatic heterocycles. The summed E-state index contributed by atoms with van der Waals surface area (Å²) in [5, 5.41) is 24.8. The number of H-pyrrole nitrogens is 1. The summed E-state index contributed by atoms with van der Waals surface area (Å²) < 4.78 is 69.8. The van der Waals surface area contributed by atoms with E-state index < -0.39 is 47.0 Å². The maximum atomic E-state index is 15.6. The van der Waals surface area contributed by atoms with Crippen LogP contribution in [-0.2, 0) is 4.79 Å². The van der Waals surface area contributed by atoms with E-state index in [9.17, 15) is 27.9 Å². The predicted octanol–water partition coefficient (Wildman–Crippen LogP) is 2.77. The molecule has 1 unspecified atom stereocenters. The summed E-state index contributed by atoms with van der Waals surface area (Å²) in [6.07, 6.45) is -4.07. The van der Waals surface area contributed by atoms with E-state index in [2.05, 4.69) is 25.1 Å². The van der Waals surface area contributed by atoms with Crippen LogP contribution in [0.3, 0.4) is 0 Å². The molecule has 0 aliphatic carbocycles. The van der Waals surface area contributed by atoms with Crippen LogP contribution in [0.2, 0.25) is 0 Å². The van der Waals surface area contributed by atoms with Crippen molar-refractivity contribution < 1.29 is 41.7 Å². The second kappa shape index (κ2) is 11.5. The number of benzene rings is 2. The first-order chi connectivity index (χ1) is 19.8. The number of nitrogen functional groups attached to an aromatic ring is 1. The molecule has 0 saturated carbocycles. The Morgan fingerprint density at radius 2 is 1.90 bits per heavy atom. The lowest BCUT2D eigenvalue weighted by molar-refractivity contribution is -0.189. The number of nitrogens with zero attached hydrogens (tertiary/aromatic N) is 3. The number of aromatic amines is 1. The molecule has 0 bridgehead atoms. The van der Waals surface area contributed by atoms with E-state index in [4.69, 9.17) is 20.6 Å². The molecule has 0 fully saturated rings. The summed E-state index contributed by atoms with van der Waals surface area (Å²) in [5.41, 5.74) is 3.93. The number of halogens is 4. The highest BCUT2D eigenvalue weighted by molar-refractivity contribution is 5.99. The van der Waals surface area contributed by atoms with E-state index in [1.807, 2.05) is 0 Å². The molecule has 220 valence electrons. The molecule has 0 spiro atoms. The minimum absolute atomic E-state index is 0.0766. The SMILES string of the molecule is COc1cc(OC)c(F)c(C(Nc2ccc(C(=N)N)c(OC(=O)C(F)(F)F)c2)c2nn(-c3ncccc3O)c(=O)[nH]2)c1. The zero-order chi connectivity index (χ0) is 30.8. The average molecular weight is 591 g/mol. The van der Waals surface area contributed by atoms with Crippen LogP contribution in [0.15, 0.2) is 53.5 Å². The van der Waals surface area contributed by atoms with Crippen molar-refractivity contribution in [3.63, 3.8) is 0 Å². The fourth-order valence-corrected chi connectivity index (χ4v) is 3.77. The third kappa shape index (κ3) is 5.93. The summed E-state index contributed by atoms with van der Waals surface area (Å²) in [4.78, 5) is 30.7. The Bertz CT molecular complexity index is 1720. The summed E-state index contributed by atoms with van der Waals surface area (Å²) in [5.74, 6) is -5.94. The van der Waals surface area contributed by atoms with Gasteiger partial charge < -0.3 is 30.4 Å². The molecular weight excluding hydrogens is 570 g/mol. The number of aromatic nitrogens is 4. The third-order valence-electron chi connectivity index (χ3n) is 5.70. The number of carbonyl (C=O) groups is 1. The molecular formula is C25H21F4N7O6. The van der Waals surface area contributed by atoms with Gasteiger partial charge in [-0.25, -0.2) is 19.0 Å². The fraction of sp³-hybridized carbons (Fsp3) is 0.160. The van der Waals surface area contributed by atoms with E-state index in [-0.39, 0.29) is 40.0 Å². The van der Waals surface area contributed by atoms with Gasteiger partial charge in [-0.15, -0.1) is 5.10 Å². The Morgan fingerprint density at radius 3 is 2.52 bits per heavy atom. The molecule has 0 radical (unpaired) electrons. The van der Waals surface area contributed by atoms with Crippen molar-refractivity contribution in [1.82, 2.24) is 19.7 Å². The highest BCUT2D eigenvalue weighted by atomic mass is 19.4. The monoisotopic (exact) mass is 591 g/mol. The van der Waals surface area contributed by atoms with Gasteiger partial charge in [0.1, 0.15) is 23.4 Å². The number of nitrogens with two attached hydrogens (primary N) is 1. The highest BCUT2D eigenvalue weighted by Gasteiger charge is 2.42.